The first-order valence-electron chi connectivity index (χ1n) is 6.94. The van der Waals surface area contributed by atoms with Gasteiger partial charge in [0, 0.05) is 6.20 Å². The van der Waals surface area contributed by atoms with E-state index in [9.17, 15) is 18.7 Å². The Balaban J connectivity index is 2.08. The molecule has 1 N–H and O–H groups in total. The lowest BCUT2D eigenvalue weighted by Gasteiger charge is -2.17. The van der Waals surface area contributed by atoms with Crippen LogP contribution >= 0.6 is 11.6 Å². The van der Waals surface area contributed by atoms with Crippen LogP contribution in [0.3, 0.4) is 0 Å². The third-order valence-corrected chi connectivity index (χ3v) is 3.98. The molecule has 1 aliphatic heterocycles. The fraction of sp³-hybridized carbons (Fsp3) is 0.250. The van der Waals surface area contributed by atoms with Gasteiger partial charge >= 0.3 is 11.8 Å². The van der Waals surface area contributed by atoms with Crippen LogP contribution in [-0.4, -0.2) is 16.0 Å². The van der Waals surface area contributed by atoms with Crippen molar-refractivity contribution in [3.63, 3.8) is 0 Å². The van der Waals surface area contributed by atoms with E-state index >= 15 is 0 Å². The summed E-state index contributed by atoms with van der Waals surface area (Å²) in [6, 6.07) is 7.51. The number of rotatable bonds is 3. The van der Waals surface area contributed by atoms with E-state index in [2.05, 4.69) is 4.98 Å². The van der Waals surface area contributed by atoms with Crippen molar-refractivity contribution >= 4 is 23.2 Å². The largest absolute Gasteiger partial charge is 0.389 e. The summed E-state index contributed by atoms with van der Waals surface area (Å²) in [6.07, 6.45) is 0.350. The van der Waals surface area contributed by atoms with Crippen LogP contribution in [0.1, 0.15) is 29.7 Å². The van der Waals surface area contributed by atoms with Gasteiger partial charge in [0.2, 0.25) is 0 Å². The summed E-state index contributed by atoms with van der Waals surface area (Å²) in [7, 11) is 0. The zero-order chi connectivity index (χ0) is 16.8. The molecule has 0 radical (unpaired) electrons. The highest BCUT2D eigenvalue weighted by Crippen LogP contribution is 2.47. The molecule has 0 saturated carbocycles. The highest BCUT2D eigenvalue weighted by Gasteiger charge is 2.54. The van der Waals surface area contributed by atoms with Crippen molar-refractivity contribution in [2.24, 2.45) is 0 Å². The predicted molar refractivity (Wildman–Crippen MR) is 81.4 cm³/mol. The average Bonchev–Trinajstić information content (AvgIpc) is 2.68. The van der Waals surface area contributed by atoms with Crippen LogP contribution in [0, 0.1) is 0 Å². The number of anilines is 1. The molecule has 1 amide bonds. The summed E-state index contributed by atoms with van der Waals surface area (Å²) >= 11 is 5.79. The minimum absolute atomic E-state index is 0.0487. The van der Waals surface area contributed by atoms with E-state index in [-0.39, 0.29) is 22.9 Å². The minimum Gasteiger partial charge on any atom is -0.389 e. The average molecular weight is 339 g/mol. The molecule has 1 atom stereocenters. The van der Waals surface area contributed by atoms with E-state index in [1.165, 1.54) is 31.3 Å². The number of aliphatic hydroxyl groups is 1. The lowest BCUT2D eigenvalue weighted by molar-refractivity contribution is -0.141. The third-order valence-electron chi connectivity index (χ3n) is 3.77. The maximum absolute atomic E-state index is 14.4. The molecule has 0 spiro atoms. The molecule has 1 unspecified atom stereocenters. The summed E-state index contributed by atoms with van der Waals surface area (Å²) in [5.41, 5.74) is 0.312. The van der Waals surface area contributed by atoms with Gasteiger partial charge in [0.05, 0.1) is 23.9 Å². The molecule has 0 fully saturated rings. The molecule has 1 aromatic carbocycles. The second-order valence-corrected chi connectivity index (χ2v) is 5.76. The van der Waals surface area contributed by atoms with Crippen LogP contribution in [0.25, 0.3) is 0 Å². The molecular formula is C16H13ClF2N2O2. The second kappa shape index (κ2) is 5.54. The number of benzene rings is 1. The van der Waals surface area contributed by atoms with E-state index in [4.69, 9.17) is 11.6 Å². The van der Waals surface area contributed by atoms with Crippen molar-refractivity contribution in [1.82, 2.24) is 4.98 Å². The minimum atomic E-state index is -3.67. The Labute approximate surface area is 136 Å². The van der Waals surface area contributed by atoms with E-state index in [1.54, 1.807) is 12.1 Å². The Bertz CT molecular complexity index is 780. The van der Waals surface area contributed by atoms with Crippen molar-refractivity contribution in [3.05, 3.63) is 58.4 Å². The summed E-state index contributed by atoms with van der Waals surface area (Å²) < 4.78 is 28.9. The van der Waals surface area contributed by atoms with Gasteiger partial charge in [-0.05, 0) is 36.2 Å². The van der Waals surface area contributed by atoms with Gasteiger partial charge < -0.3 is 10.0 Å². The van der Waals surface area contributed by atoms with Crippen molar-refractivity contribution in [3.8, 4) is 0 Å². The Morgan fingerprint density at radius 3 is 2.78 bits per heavy atom. The molecule has 0 bridgehead atoms. The fourth-order valence-electron chi connectivity index (χ4n) is 2.74. The van der Waals surface area contributed by atoms with Gasteiger partial charge in [-0.15, -0.1) is 0 Å². The lowest BCUT2D eigenvalue weighted by Crippen LogP contribution is -2.34. The van der Waals surface area contributed by atoms with Crippen molar-refractivity contribution < 1.29 is 18.7 Å². The normalized spacial score (nSPS) is 17.3. The lowest BCUT2D eigenvalue weighted by atomic mass is 9.98. The monoisotopic (exact) mass is 338 g/mol. The van der Waals surface area contributed by atoms with Crippen LogP contribution in [0.4, 0.5) is 14.5 Å². The van der Waals surface area contributed by atoms with Crippen LogP contribution in [0.5, 0.6) is 0 Å². The maximum atomic E-state index is 14.4. The van der Waals surface area contributed by atoms with Gasteiger partial charge in [-0.25, -0.2) is 4.98 Å². The van der Waals surface area contributed by atoms with Gasteiger partial charge in [-0.1, -0.05) is 23.7 Å². The van der Waals surface area contributed by atoms with Gasteiger partial charge in [0.15, 0.2) is 0 Å². The third kappa shape index (κ3) is 2.58. The van der Waals surface area contributed by atoms with Gasteiger partial charge in [-0.2, -0.15) is 8.78 Å². The Morgan fingerprint density at radius 2 is 2.13 bits per heavy atom. The van der Waals surface area contributed by atoms with Gasteiger partial charge in [0.25, 0.3) is 0 Å². The number of hydrogen-bond acceptors (Lipinski definition) is 3. The highest BCUT2D eigenvalue weighted by atomic mass is 35.5. The first-order chi connectivity index (χ1) is 10.8. The molecule has 7 heteroatoms. The van der Waals surface area contributed by atoms with Crippen LogP contribution < -0.4 is 4.90 Å². The quantitative estimate of drug-likeness (QED) is 0.872. The number of alkyl halides is 2. The molecule has 120 valence electrons. The number of amides is 1. The molecule has 2 heterocycles. The van der Waals surface area contributed by atoms with E-state index in [0.29, 0.717) is 5.56 Å². The number of aliphatic hydroxyl groups excluding tert-OH is 1. The molecule has 0 aliphatic carbocycles. The van der Waals surface area contributed by atoms with E-state index in [0.717, 1.165) is 4.90 Å². The number of carbonyl (C=O) groups excluding carboxylic acids is 1. The van der Waals surface area contributed by atoms with Crippen LogP contribution in [-0.2, 0) is 17.3 Å². The number of hydrogen-bond donors (Lipinski definition) is 1. The Kier molecular flexibility index (Phi) is 3.82. The van der Waals surface area contributed by atoms with E-state index < -0.39 is 23.5 Å². The molecular weight excluding hydrogens is 326 g/mol. The Hall–Kier alpha value is -2.05. The number of pyridine rings is 1. The van der Waals surface area contributed by atoms with Crippen LogP contribution in [0.2, 0.25) is 5.15 Å². The summed E-state index contributed by atoms with van der Waals surface area (Å²) in [5, 5.41) is 9.95. The summed E-state index contributed by atoms with van der Waals surface area (Å²) in [6.45, 7) is 1.34. The Morgan fingerprint density at radius 1 is 1.39 bits per heavy atom. The number of carbonyl (C=O) groups is 1. The molecule has 23 heavy (non-hydrogen) atoms. The number of aromatic nitrogens is 1. The summed E-state index contributed by atoms with van der Waals surface area (Å²) in [5.74, 6) is -4.98. The van der Waals surface area contributed by atoms with Crippen LogP contribution in [0.15, 0.2) is 36.5 Å². The van der Waals surface area contributed by atoms with Gasteiger partial charge in [-0.3, -0.25) is 4.79 Å². The maximum Gasteiger partial charge on any atom is 0.352 e. The van der Waals surface area contributed by atoms with E-state index in [1.807, 2.05) is 0 Å². The molecule has 2 aromatic rings. The smallest absolute Gasteiger partial charge is 0.352 e. The molecule has 0 saturated heterocycles. The molecule has 3 rings (SSSR count). The van der Waals surface area contributed by atoms with Crippen molar-refractivity contribution in [2.75, 3.05) is 4.90 Å². The number of halogens is 3. The fourth-order valence-corrected chi connectivity index (χ4v) is 2.94. The first-order valence-corrected chi connectivity index (χ1v) is 7.32. The standard InChI is InChI=1S/C16H13ClF2N2O2/c1-9(22)11-3-2-4-12-14(11)16(18,19)15(23)21(12)8-10-5-6-20-13(17)7-10/h2-7,9,22H,8H2,1H3. The SMILES string of the molecule is CC(O)c1cccc2c1C(F)(F)C(=O)N2Cc1ccnc(Cl)c1. The number of fused-ring (bicyclic) bond motifs is 1. The second-order valence-electron chi connectivity index (χ2n) is 5.37. The summed E-state index contributed by atoms with van der Waals surface area (Å²) in [4.78, 5) is 17.0. The highest BCUT2D eigenvalue weighted by molar-refractivity contribution is 6.29. The van der Waals surface area contributed by atoms with Gasteiger partial charge in [0.1, 0.15) is 5.15 Å². The molecule has 4 nitrogen and oxygen atoms in total. The topological polar surface area (TPSA) is 53.4 Å². The number of nitrogens with zero attached hydrogens (tertiary/aromatic N) is 2. The van der Waals surface area contributed by atoms with Crippen molar-refractivity contribution in [2.45, 2.75) is 25.5 Å². The molecule has 1 aromatic heterocycles. The van der Waals surface area contributed by atoms with Crippen molar-refractivity contribution in [1.29, 1.82) is 0 Å². The first kappa shape index (κ1) is 15.8. The zero-order valence-electron chi connectivity index (χ0n) is 12.1. The zero-order valence-corrected chi connectivity index (χ0v) is 12.9. The molecule has 1 aliphatic rings. The predicted octanol–water partition coefficient (Wildman–Crippen LogP) is 3.43.